The van der Waals surface area contributed by atoms with E-state index >= 15 is 0 Å². The van der Waals surface area contributed by atoms with Gasteiger partial charge in [0.15, 0.2) is 9.84 Å². The molecule has 0 atom stereocenters. The minimum atomic E-state index is -5.13. The zero-order valence-corrected chi connectivity index (χ0v) is 23.0. The van der Waals surface area contributed by atoms with Gasteiger partial charge in [0.1, 0.15) is 5.75 Å². The largest absolute Gasteiger partial charge is 0.573 e. The van der Waals surface area contributed by atoms with Crippen LogP contribution in [0.15, 0.2) is 83.9 Å². The third-order valence-electron chi connectivity index (χ3n) is 7.04. The average Bonchev–Trinajstić information content (AvgIpc) is 2.92. The van der Waals surface area contributed by atoms with Crippen LogP contribution < -0.4 is 4.74 Å². The van der Waals surface area contributed by atoms with Crippen LogP contribution in [0.1, 0.15) is 34.3 Å². The summed E-state index contributed by atoms with van der Waals surface area (Å²) >= 11 is 6.24. The number of amides is 1. The van der Waals surface area contributed by atoms with Crippen LogP contribution in [0.4, 0.5) is 13.2 Å². The van der Waals surface area contributed by atoms with E-state index in [0.29, 0.717) is 16.0 Å². The number of aromatic nitrogens is 1. The van der Waals surface area contributed by atoms with Crippen LogP contribution in [0.5, 0.6) is 5.75 Å². The van der Waals surface area contributed by atoms with Crippen LogP contribution in [0.25, 0.3) is 10.9 Å². The van der Waals surface area contributed by atoms with Gasteiger partial charge in [-0.1, -0.05) is 54.1 Å². The highest BCUT2D eigenvalue weighted by molar-refractivity contribution is 7.90. The number of fused-ring (bicyclic) bond motifs is 1. The molecule has 0 unspecified atom stereocenters. The molecule has 1 saturated heterocycles. The molecule has 1 amide bonds. The maximum Gasteiger partial charge on any atom is 0.573 e. The monoisotopic (exact) mass is 604 g/mol. The summed E-state index contributed by atoms with van der Waals surface area (Å²) in [7, 11) is -4.03. The maximum absolute atomic E-state index is 13.3. The molecular formula is C29H24ClF3N2O5S. The molecule has 12 heteroatoms. The Kier molecular flexibility index (Phi) is 7.71. The van der Waals surface area contributed by atoms with E-state index in [1.165, 1.54) is 23.2 Å². The highest BCUT2D eigenvalue weighted by Gasteiger charge is 2.39. The van der Waals surface area contributed by atoms with E-state index in [4.69, 9.17) is 11.6 Å². The zero-order chi connectivity index (χ0) is 29.4. The first-order valence-electron chi connectivity index (χ1n) is 12.6. The van der Waals surface area contributed by atoms with Gasteiger partial charge < -0.3 is 14.7 Å². The lowest BCUT2D eigenvalue weighted by atomic mass is 9.84. The molecule has 4 aromatic rings. The number of benzene rings is 3. The lowest BCUT2D eigenvalue weighted by molar-refractivity contribution is -0.274. The molecule has 3 aromatic carbocycles. The summed E-state index contributed by atoms with van der Waals surface area (Å²) in [5.41, 5.74) is -0.911. The number of sulfone groups is 1. The summed E-state index contributed by atoms with van der Waals surface area (Å²) in [6, 6.07) is 18.1. The Morgan fingerprint density at radius 2 is 1.73 bits per heavy atom. The van der Waals surface area contributed by atoms with Gasteiger partial charge in [-0.3, -0.25) is 9.78 Å². The van der Waals surface area contributed by atoms with E-state index in [9.17, 15) is 31.5 Å². The quantitative estimate of drug-likeness (QED) is 0.295. The standard InChI is InChI=1S/C29H24ClF3N2O5S/c30-23-8-2-1-7-22(23)28(37)12-15-35(16-13-28)27(36)21-11-10-19(17-24(21)40-29(31,32)33)18-41(38,39)25-9-3-5-20-6-4-14-34-26(20)25/h1-11,14,17,37H,12-13,15-16,18H2. The van der Waals surface area contributed by atoms with Crippen molar-refractivity contribution in [2.45, 2.75) is 35.5 Å². The summed E-state index contributed by atoms with van der Waals surface area (Å²) in [6.07, 6.45) is -3.44. The normalized spacial score (nSPS) is 15.6. The first-order valence-corrected chi connectivity index (χ1v) is 14.6. The molecule has 1 N–H and O–H groups in total. The Morgan fingerprint density at radius 3 is 2.44 bits per heavy atom. The minimum absolute atomic E-state index is 0.000438. The van der Waals surface area contributed by atoms with Crippen LogP contribution in [0, 0.1) is 0 Å². The molecule has 0 bridgehead atoms. The second-order valence-electron chi connectivity index (χ2n) is 9.77. The van der Waals surface area contributed by atoms with E-state index in [1.807, 2.05) is 0 Å². The predicted octanol–water partition coefficient (Wildman–Crippen LogP) is 5.88. The van der Waals surface area contributed by atoms with Crippen molar-refractivity contribution in [3.63, 3.8) is 0 Å². The van der Waals surface area contributed by atoms with Crippen LogP contribution in [-0.2, 0) is 21.2 Å². The third-order valence-corrected chi connectivity index (χ3v) is 9.09. The number of para-hydroxylation sites is 1. The fraction of sp³-hybridized carbons (Fsp3) is 0.241. The molecule has 0 spiro atoms. The van der Waals surface area contributed by atoms with Gasteiger partial charge in [0.05, 0.1) is 27.3 Å². The molecule has 1 fully saturated rings. The van der Waals surface area contributed by atoms with Gasteiger partial charge in [-0.2, -0.15) is 0 Å². The number of pyridine rings is 1. The topological polar surface area (TPSA) is 96.8 Å². The average molecular weight is 605 g/mol. The number of hydrogen-bond donors (Lipinski definition) is 1. The lowest BCUT2D eigenvalue weighted by Crippen LogP contribution is -2.45. The van der Waals surface area contributed by atoms with E-state index in [-0.39, 0.29) is 47.5 Å². The number of rotatable bonds is 6. The fourth-order valence-corrected chi connectivity index (χ4v) is 6.86. The minimum Gasteiger partial charge on any atom is -0.405 e. The van der Waals surface area contributed by atoms with Crippen molar-refractivity contribution in [3.05, 3.63) is 101 Å². The number of carbonyl (C=O) groups excluding carboxylic acids is 1. The molecule has 214 valence electrons. The lowest BCUT2D eigenvalue weighted by Gasteiger charge is -2.39. The van der Waals surface area contributed by atoms with Gasteiger partial charge >= 0.3 is 6.36 Å². The Morgan fingerprint density at radius 1 is 1.02 bits per heavy atom. The maximum atomic E-state index is 13.3. The first-order chi connectivity index (χ1) is 19.4. The van der Waals surface area contributed by atoms with Crippen LogP contribution in [0.2, 0.25) is 5.02 Å². The Labute approximate surface area is 239 Å². The van der Waals surface area contributed by atoms with Crippen LogP contribution >= 0.6 is 11.6 Å². The highest BCUT2D eigenvalue weighted by atomic mass is 35.5. The fourth-order valence-electron chi connectivity index (χ4n) is 5.02. The van der Waals surface area contributed by atoms with E-state index in [0.717, 1.165) is 12.1 Å². The summed E-state index contributed by atoms with van der Waals surface area (Å²) in [6.45, 7) is 0.104. The van der Waals surface area contributed by atoms with Gasteiger partial charge in [-0.05, 0) is 48.7 Å². The third kappa shape index (κ3) is 6.17. The van der Waals surface area contributed by atoms with Gasteiger partial charge in [0, 0.05) is 35.3 Å². The summed E-state index contributed by atoms with van der Waals surface area (Å²) in [5.74, 6) is -2.18. The molecule has 41 heavy (non-hydrogen) atoms. The SMILES string of the molecule is O=C(c1ccc(CS(=O)(=O)c2cccc3cccnc23)cc1OC(F)(F)F)N1CCC(O)(c2ccccc2Cl)CC1. The molecule has 2 heterocycles. The van der Waals surface area contributed by atoms with Gasteiger partial charge in [0.25, 0.3) is 5.91 Å². The molecule has 0 radical (unpaired) electrons. The zero-order valence-electron chi connectivity index (χ0n) is 21.4. The molecule has 7 nitrogen and oxygen atoms in total. The number of likely N-dealkylation sites (tertiary alicyclic amines) is 1. The molecule has 0 aliphatic carbocycles. The molecular weight excluding hydrogens is 581 g/mol. The van der Waals surface area contributed by atoms with Crippen molar-refractivity contribution in [2.24, 2.45) is 0 Å². The molecule has 0 saturated carbocycles. The second-order valence-corrected chi connectivity index (χ2v) is 12.1. The summed E-state index contributed by atoms with van der Waals surface area (Å²) in [4.78, 5) is 18.7. The van der Waals surface area contributed by atoms with E-state index < -0.39 is 39.2 Å². The van der Waals surface area contributed by atoms with Crippen molar-refractivity contribution < 1.29 is 36.2 Å². The Bertz CT molecular complexity index is 1720. The Balaban J connectivity index is 1.40. The summed E-state index contributed by atoms with van der Waals surface area (Å²) < 4.78 is 70.8. The van der Waals surface area contributed by atoms with Crippen molar-refractivity contribution in [3.8, 4) is 5.75 Å². The smallest absolute Gasteiger partial charge is 0.405 e. The number of piperidine rings is 1. The van der Waals surface area contributed by atoms with Crippen molar-refractivity contribution >= 4 is 38.2 Å². The molecule has 1 aromatic heterocycles. The molecule has 5 rings (SSSR count). The Hall–Kier alpha value is -3.67. The van der Waals surface area contributed by atoms with Gasteiger partial charge in [-0.15, -0.1) is 13.2 Å². The second kappa shape index (κ2) is 11.0. The molecule has 1 aliphatic rings. The van der Waals surface area contributed by atoms with Crippen molar-refractivity contribution in [2.75, 3.05) is 13.1 Å². The van der Waals surface area contributed by atoms with E-state index in [2.05, 4.69) is 9.72 Å². The highest BCUT2D eigenvalue weighted by Crippen LogP contribution is 2.38. The van der Waals surface area contributed by atoms with E-state index in [1.54, 1.807) is 48.5 Å². The number of alkyl halides is 3. The van der Waals surface area contributed by atoms with Gasteiger partial charge in [-0.25, -0.2) is 8.42 Å². The van der Waals surface area contributed by atoms with Crippen LogP contribution in [-0.4, -0.2) is 48.8 Å². The first kappa shape index (κ1) is 28.8. The number of ether oxygens (including phenoxy) is 1. The van der Waals surface area contributed by atoms with Crippen molar-refractivity contribution in [1.29, 1.82) is 0 Å². The molecule has 1 aliphatic heterocycles. The van der Waals surface area contributed by atoms with Crippen molar-refractivity contribution in [1.82, 2.24) is 9.88 Å². The number of nitrogens with zero attached hydrogens (tertiary/aromatic N) is 2. The number of carbonyl (C=O) groups is 1. The number of hydrogen-bond acceptors (Lipinski definition) is 6. The number of halogens is 4. The van der Waals surface area contributed by atoms with Gasteiger partial charge in [0.2, 0.25) is 0 Å². The predicted molar refractivity (Wildman–Crippen MR) is 146 cm³/mol. The van der Waals surface area contributed by atoms with Crippen LogP contribution in [0.3, 0.4) is 0 Å². The summed E-state index contributed by atoms with van der Waals surface area (Å²) in [5, 5.41) is 12.1. The number of aliphatic hydroxyl groups is 1.